The van der Waals surface area contributed by atoms with Crippen LogP contribution in [-0.4, -0.2) is 20.1 Å². The molecule has 2 aromatic carbocycles. The fourth-order valence-electron chi connectivity index (χ4n) is 2.07. The van der Waals surface area contributed by atoms with Gasteiger partial charge in [0.15, 0.2) is 0 Å². The summed E-state index contributed by atoms with van der Waals surface area (Å²) in [7, 11) is -3.62. The van der Waals surface area contributed by atoms with Crippen molar-refractivity contribution in [3.05, 3.63) is 71.8 Å². The predicted molar refractivity (Wildman–Crippen MR) is 85.4 cm³/mol. The van der Waals surface area contributed by atoms with E-state index in [4.69, 9.17) is 5.73 Å². The van der Waals surface area contributed by atoms with Gasteiger partial charge in [-0.15, -0.1) is 0 Å². The summed E-state index contributed by atoms with van der Waals surface area (Å²) in [5.41, 5.74) is 6.76. The standard InChI is InChI=1S/C16H18N2O3S/c17-16(19)15(14-9-5-2-6-10-14)18-22(20,21)12-11-13-7-3-1-4-8-13/h1-10,15,18H,11-12H2,(H2,17,19). The van der Waals surface area contributed by atoms with Gasteiger partial charge in [-0.3, -0.25) is 4.79 Å². The number of sulfonamides is 1. The molecule has 6 heteroatoms. The first kappa shape index (κ1) is 16.2. The van der Waals surface area contributed by atoms with Crippen LogP contribution in [0.5, 0.6) is 0 Å². The van der Waals surface area contributed by atoms with Crippen LogP contribution in [0.2, 0.25) is 0 Å². The molecule has 0 aliphatic rings. The number of amides is 1. The fourth-order valence-corrected chi connectivity index (χ4v) is 3.30. The summed E-state index contributed by atoms with van der Waals surface area (Å²) in [6.07, 6.45) is 0.371. The predicted octanol–water partition coefficient (Wildman–Crippen LogP) is 1.38. The first-order valence-corrected chi connectivity index (χ1v) is 8.51. The molecule has 0 saturated heterocycles. The van der Waals surface area contributed by atoms with Crippen molar-refractivity contribution in [2.75, 3.05) is 5.75 Å². The summed E-state index contributed by atoms with van der Waals surface area (Å²) in [5, 5.41) is 0. The van der Waals surface area contributed by atoms with Gasteiger partial charge < -0.3 is 5.73 Å². The molecule has 0 aliphatic heterocycles. The number of nitrogens with two attached hydrogens (primary N) is 1. The van der Waals surface area contributed by atoms with E-state index in [0.29, 0.717) is 12.0 Å². The maximum absolute atomic E-state index is 12.2. The molecule has 5 nitrogen and oxygen atoms in total. The quantitative estimate of drug-likeness (QED) is 0.808. The van der Waals surface area contributed by atoms with Gasteiger partial charge in [0.1, 0.15) is 6.04 Å². The largest absolute Gasteiger partial charge is 0.368 e. The van der Waals surface area contributed by atoms with E-state index in [1.807, 2.05) is 30.3 Å². The summed E-state index contributed by atoms with van der Waals surface area (Å²) < 4.78 is 26.7. The lowest BCUT2D eigenvalue weighted by atomic mass is 10.1. The van der Waals surface area contributed by atoms with Crippen molar-refractivity contribution in [3.63, 3.8) is 0 Å². The molecule has 0 saturated carbocycles. The van der Waals surface area contributed by atoms with Gasteiger partial charge in [-0.25, -0.2) is 8.42 Å². The Hall–Kier alpha value is -2.18. The van der Waals surface area contributed by atoms with E-state index in [1.54, 1.807) is 30.3 Å². The van der Waals surface area contributed by atoms with E-state index < -0.39 is 22.0 Å². The molecule has 116 valence electrons. The third-order valence-electron chi connectivity index (χ3n) is 3.22. The van der Waals surface area contributed by atoms with Crippen LogP contribution in [0.1, 0.15) is 17.2 Å². The molecule has 1 amide bonds. The number of hydrogen-bond acceptors (Lipinski definition) is 3. The zero-order valence-electron chi connectivity index (χ0n) is 12.0. The lowest BCUT2D eigenvalue weighted by Gasteiger charge is -2.16. The Kier molecular flexibility index (Phi) is 5.30. The number of benzene rings is 2. The highest BCUT2D eigenvalue weighted by molar-refractivity contribution is 7.89. The SMILES string of the molecule is NC(=O)C(NS(=O)(=O)CCc1ccccc1)c1ccccc1. The van der Waals surface area contributed by atoms with Crippen LogP contribution in [-0.2, 0) is 21.2 Å². The Morgan fingerprint density at radius 3 is 2.09 bits per heavy atom. The lowest BCUT2D eigenvalue weighted by molar-refractivity contribution is -0.119. The molecule has 0 spiro atoms. The lowest BCUT2D eigenvalue weighted by Crippen LogP contribution is -2.38. The molecule has 0 bridgehead atoms. The third-order valence-corrected chi connectivity index (χ3v) is 4.55. The number of hydrogen-bond donors (Lipinski definition) is 2. The van der Waals surface area contributed by atoms with E-state index in [2.05, 4.69) is 4.72 Å². The Bertz CT molecular complexity index is 716. The van der Waals surface area contributed by atoms with Crippen molar-refractivity contribution in [1.29, 1.82) is 0 Å². The fraction of sp³-hybridized carbons (Fsp3) is 0.188. The Morgan fingerprint density at radius 1 is 1.00 bits per heavy atom. The van der Waals surface area contributed by atoms with Gasteiger partial charge in [0.25, 0.3) is 0 Å². The van der Waals surface area contributed by atoms with Gasteiger partial charge in [0.2, 0.25) is 15.9 Å². The molecule has 22 heavy (non-hydrogen) atoms. The number of carbonyl (C=O) groups excluding carboxylic acids is 1. The second kappa shape index (κ2) is 7.20. The monoisotopic (exact) mass is 318 g/mol. The van der Waals surface area contributed by atoms with Crippen molar-refractivity contribution < 1.29 is 13.2 Å². The second-order valence-electron chi connectivity index (χ2n) is 4.92. The molecule has 2 rings (SSSR count). The molecule has 0 heterocycles. The van der Waals surface area contributed by atoms with Crippen molar-refractivity contribution in [2.24, 2.45) is 5.73 Å². The minimum atomic E-state index is -3.62. The number of aryl methyl sites for hydroxylation is 1. The molecule has 2 aromatic rings. The zero-order chi connectivity index (χ0) is 16.0. The molecule has 0 aromatic heterocycles. The van der Waals surface area contributed by atoms with Crippen LogP contribution in [0.15, 0.2) is 60.7 Å². The average molecular weight is 318 g/mol. The first-order chi connectivity index (χ1) is 10.5. The van der Waals surface area contributed by atoms with Crippen LogP contribution in [0.25, 0.3) is 0 Å². The Morgan fingerprint density at radius 2 is 1.55 bits per heavy atom. The van der Waals surface area contributed by atoms with Crippen LogP contribution in [0, 0.1) is 0 Å². The molecular formula is C16H18N2O3S. The van der Waals surface area contributed by atoms with Crippen molar-refractivity contribution in [2.45, 2.75) is 12.5 Å². The van der Waals surface area contributed by atoms with E-state index in [9.17, 15) is 13.2 Å². The summed E-state index contributed by atoms with van der Waals surface area (Å²) in [5.74, 6) is -0.831. The molecule has 0 fully saturated rings. The maximum Gasteiger partial charge on any atom is 0.240 e. The smallest absolute Gasteiger partial charge is 0.240 e. The van der Waals surface area contributed by atoms with E-state index in [0.717, 1.165) is 5.56 Å². The third kappa shape index (κ3) is 4.68. The van der Waals surface area contributed by atoms with E-state index >= 15 is 0 Å². The van der Waals surface area contributed by atoms with Gasteiger partial charge in [0.05, 0.1) is 5.75 Å². The summed E-state index contributed by atoms with van der Waals surface area (Å²) >= 11 is 0. The molecule has 1 unspecified atom stereocenters. The first-order valence-electron chi connectivity index (χ1n) is 6.86. The average Bonchev–Trinajstić information content (AvgIpc) is 2.52. The highest BCUT2D eigenvalue weighted by Crippen LogP contribution is 2.13. The summed E-state index contributed by atoms with van der Waals surface area (Å²) in [6.45, 7) is 0. The van der Waals surface area contributed by atoms with Gasteiger partial charge in [-0.1, -0.05) is 60.7 Å². The van der Waals surface area contributed by atoms with E-state index in [1.165, 1.54) is 0 Å². The highest BCUT2D eigenvalue weighted by atomic mass is 32.2. The molecule has 0 aliphatic carbocycles. The minimum Gasteiger partial charge on any atom is -0.368 e. The van der Waals surface area contributed by atoms with Crippen LogP contribution in [0.3, 0.4) is 0 Å². The molecule has 0 radical (unpaired) electrons. The normalized spacial score (nSPS) is 12.7. The van der Waals surface area contributed by atoms with Gasteiger partial charge in [0, 0.05) is 0 Å². The van der Waals surface area contributed by atoms with Crippen molar-refractivity contribution >= 4 is 15.9 Å². The number of nitrogens with one attached hydrogen (secondary N) is 1. The maximum atomic E-state index is 12.2. The number of primary amides is 1. The summed E-state index contributed by atoms with van der Waals surface area (Å²) in [4.78, 5) is 11.5. The van der Waals surface area contributed by atoms with Gasteiger partial charge in [-0.05, 0) is 17.5 Å². The van der Waals surface area contributed by atoms with Gasteiger partial charge in [-0.2, -0.15) is 4.72 Å². The molecule has 1 atom stereocenters. The summed E-state index contributed by atoms with van der Waals surface area (Å²) in [6, 6.07) is 16.8. The Balaban J connectivity index is 2.07. The highest BCUT2D eigenvalue weighted by Gasteiger charge is 2.23. The number of carbonyl (C=O) groups is 1. The van der Waals surface area contributed by atoms with Crippen LogP contribution in [0.4, 0.5) is 0 Å². The Labute approximate surface area is 130 Å². The number of rotatable bonds is 7. The van der Waals surface area contributed by atoms with Crippen molar-refractivity contribution in [1.82, 2.24) is 4.72 Å². The van der Waals surface area contributed by atoms with Crippen LogP contribution < -0.4 is 10.5 Å². The molecule has 3 N–H and O–H groups in total. The van der Waals surface area contributed by atoms with Crippen molar-refractivity contribution in [3.8, 4) is 0 Å². The zero-order valence-corrected chi connectivity index (χ0v) is 12.8. The second-order valence-corrected chi connectivity index (χ2v) is 6.79. The minimum absolute atomic E-state index is 0.104. The van der Waals surface area contributed by atoms with Gasteiger partial charge >= 0.3 is 0 Å². The van der Waals surface area contributed by atoms with Crippen LogP contribution >= 0.6 is 0 Å². The molecular weight excluding hydrogens is 300 g/mol. The van der Waals surface area contributed by atoms with E-state index in [-0.39, 0.29) is 5.75 Å². The topological polar surface area (TPSA) is 89.3 Å².